The number of carbonyl (C=O) groups excluding carboxylic acids is 1. The molecule has 1 aromatic heterocycles. The van der Waals surface area contributed by atoms with Gasteiger partial charge in [-0.05, 0) is 6.92 Å². The summed E-state index contributed by atoms with van der Waals surface area (Å²) >= 11 is 2.27. The van der Waals surface area contributed by atoms with Crippen molar-refractivity contribution in [1.82, 2.24) is 10.2 Å². The number of rotatable bonds is 4. The van der Waals surface area contributed by atoms with Crippen LogP contribution in [0.15, 0.2) is 4.34 Å². The number of amides is 1. The molecule has 0 aliphatic carbocycles. The predicted octanol–water partition coefficient (Wildman–Crippen LogP) is 2.09. The predicted molar refractivity (Wildman–Crippen MR) is 70.9 cm³/mol. The monoisotopic (exact) mass is 289 g/mol. The number of aliphatic carboxylic acids is 1. The highest BCUT2D eigenvalue weighted by Crippen LogP contribution is 2.29. The number of hydrogen-bond acceptors (Lipinski definition) is 6. The van der Waals surface area contributed by atoms with Crippen LogP contribution >= 0.6 is 23.1 Å². The number of carbonyl (C=O) groups is 2. The Bertz CT molecular complexity index is 453. The molecule has 0 fully saturated rings. The minimum absolute atomic E-state index is 0.151. The molecule has 1 amide bonds. The quantitative estimate of drug-likeness (QED) is 0.651. The van der Waals surface area contributed by atoms with Crippen molar-refractivity contribution in [3.8, 4) is 0 Å². The summed E-state index contributed by atoms with van der Waals surface area (Å²) in [7, 11) is 0. The number of carboxylic acid groups (broad SMARTS) is 1. The molecule has 1 heterocycles. The van der Waals surface area contributed by atoms with Crippen molar-refractivity contribution in [1.29, 1.82) is 0 Å². The molecule has 1 unspecified atom stereocenters. The smallest absolute Gasteiger partial charge is 0.316 e. The Balaban J connectivity index is 2.64. The maximum atomic E-state index is 11.7. The summed E-state index contributed by atoms with van der Waals surface area (Å²) in [5.41, 5.74) is -0.507. The fourth-order valence-electron chi connectivity index (χ4n) is 0.794. The Labute approximate surface area is 113 Å². The lowest BCUT2D eigenvalue weighted by Crippen LogP contribution is -2.27. The molecule has 0 aromatic carbocycles. The SMILES string of the molecule is CC(Sc1nnc(NC(=O)C(C)(C)C)s1)C(=O)O. The molecule has 2 N–H and O–H groups in total. The number of anilines is 1. The van der Waals surface area contributed by atoms with Crippen molar-refractivity contribution in [2.45, 2.75) is 37.3 Å². The second-order valence-electron chi connectivity index (χ2n) is 4.68. The minimum atomic E-state index is -0.907. The maximum Gasteiger partial charge on any atom is 0.316 e. The lowest BCUT2D eigenvalue weighted by Gasteiger charge is -2.15. The highest BCUT2D eigenvalue weighted by Gasteiger charge is 2.23. The van der Waals surface area contributed by atoms with E-state index in [9.17, 15) is 9.59 Å². The van der Waals surface area contributed by atoms with E-state index in [0.29, 0.717) is 9.47 Å². The van der Waals surface area contributed by atoms with E-state index >= 15 is 0 Å². The average Bonchev–Trinajstić information content (AvgIpc) is 2.63. The third kappa shape index (κ3) is 4.26. The van der Waals surface area contributed by atoms with Crippen molar-refractivity contribution in [3.63, 3.8) is 0 Å². The zero-order chi connectivity index (χ0) is 13.9. The van der Waals surface area contributed by atoms with E-state index in [1.165, 1.54) is 11.3 Å². The standard InChI is InChI=1S/C10H15N3O3S2/c1-5(6(14)15)17-9-13-12-8(18-9)11-7(16)10(2,3)4/h5H,1-4H3,(H,14,15)(H,11,12,16). The summed E-state index contributed by atoms with van der Waals surface area (Å²) in [4.78, 5) is 22.4. The van der Waals surface area contributed by atoms with Crippen LogP contribution < -0.4 is 5.32 Å². The molecule has 1 aromatic rings. The zero-order valence-corrected chi connectivity index (χ0v) is 12.2. The molecule has 8 heteroatoms. The van der Waals surface area contributed by atoms with Gasteiger partial charge >= 0.3 is 5.97 Å². The van der Waals surface area contributed by atoms with Gasteiger partial charge in [-0.3, -0.25) is 9.59 Å². The zero-order valence-electron chi connectivity index (χ0n) is 10.6. The van der Waals surface area contributed by atoms with Crippen LogP contribution in [-0.2, 0) is 9.59 Å². The van der Waals surface area contributed by atoms with Gasteiger partial charge in [0.25, 0.3) is 0 Å². The summed E-state index contributed by atoms with van der Waals surface area (Å²) in [6.45, 7) is 6.96. The second-order valence-corrected chi connectivity index (χ2v) is 7.24. The Morgan fingerprint density at radius 2 is 2.00 bits per heavy atom. The number of aromatic nitrogens is 2. The molecule has 0 bridgehead atoms. The number of nitrogens with one attached hydrogen (secondary N) is 1. The van der Waals surface area contributed by atoms with Crippen molar-refractivity contribution in [3.05, 3.63) is 0 Å². The summed E-state index contributed by atoms with van der Waals surface area (Å²) in [5.74, 6) is -1.06. The van der Waals surface area contributed by atoms with E-state index in [2.05, 4.69) is 15.5 Å². The Morgan fingerprint density at radius 3 is 2.50 bits per heavy atom. The molecule has 6 nitrogen and oxygen atoms in total. The van der Waals surface area contributed by atoms with E-state index in [0.717, 1.165) is 11.8 Å². The maximum absolute atomic E-state index is 11.7. The lowest BCUT2D eigenvalue weighted by molar-refractivity contribution is -0.136. The fraction of sp³-hybridized carbons (Fsp3) is 0.600. The van der Waals surface area contributed by atoms with Gasteiger partial charge in [-0.2, -0.15) is 0 Å². The first kappa shape index (κ1) is 14.9. The van der Waals surface area contributed by atoms with Crippen molar-refractivity contribution < 1.29 is 14.7 Å². The summed E-state index contributed by atoms with van der Waals surface area (Å²) in [5, 5.41) is 18.8. The van der Waals surface area contributed by atoms with Crippen LogP contribution in [0.25, 0.3) is 0 Å². The van der Waals surface area contributed by atoms with E-state index in [4.69, 9.17) is 5.11 Å². The van der Waals surface area contributed by atoms with E-state index in [1.807, 2.05) is 0 Å². The van der Waals surface area contributed by atoms with Gasteiger partial charge in [0, 0.05) is 5.41 Å². The van der Waals surface area contributed by atoms with Crippen LogP contribution in [0.3, 0.4) is 0 Å². The highest BCUT2D eigenvalue weighted by molar-refractivity contribution is 8.02. The van der Waals surface area contributed by atoms with Crippen LogP contribution in [0.1, 0.15) is 27.7 Å². The Hall–Kier alpha value is -1.15. The van der Waals surface area contributed by atoms with Crippen LogP contribution in [-0.4, -0.2) is 32.4 Å². The van der Waals surface area contributed by atoms with Crippen LogP contribution in [0.2, 0.25) is 0 Å². The Morgan fingerprint density at radius 1 is 1.39 bits per heavy atom. The topological polar surface area (TPSA) is 92.2 Å². The lowest BCUT2D eigenvalue weighted by atomic mass is 9.96. The molecule has 1 atom stereocenters. The molecule has 100 valence electrons. The minimum Gasteiger partial charge on any atom is -0.480 e. The molecule has 1 rings (SSSR count). The molecule has 0 radical (unpaired) electrons. The first-order valence-electron chi connectivity index (χ1n) is 5.24. The molecular weight excluding hydrogens is 274 g/mol. The summed E-state index contributed by atoms with van der Waals surface area (Å²) < 4.78 is 0.522. The molecule has 0 saturated heterocycles. The van der Waals surface area contributed by atoms with Crippen LogP contribution in [0.5, 0.6) is 0 Å². The summed E-state index contributed by atoms with van der Waals surface area (Å²) in [6.07, 6.45) is 0. The first-order valence-corrected chi connectivity index (χ1v) is 6.94. The van der Waals surface area contributed by atoms with Gasteiger partial charge in [-0.15, -0.1) is 10.2 Å². The molecule has 0 aliphatic heterocycles. The summed E-state index contributed by atoms with van der Waals surface area (Å²) in [6, 6.07) is 0. The van der Waals surface area contributed by atoms with Crippen LogP contribution in [0, 0.1) is 5.41 Å². The number of thioether (sulfide) groups is 1. The third-order valence-corrected chi connectivity index (χ3v) is 3.94. The Kier molecular flexibility index (Phi) is 4.69. The number of nitrogens with zero attached hydrogens (tertiary/aromatic N) is 2. The van der Waals surface area contributed by atoms with Gasteiger partial charge in [-0.1, -0.05) is 43.9 Å². The van der Waals surface area contributed by atoms with Gasteiger partial charge in [0.15, 0.2) is 4.34 Å². The largest absolute Gasteiger partial charge is 0.480 e. The molecular formula is C10H15N3O3S2. The van der Waals surface area contributed by atoms with Gasteiger partial charge in [0.1, 0.15) is 5.25 Å². The van der Waals surface area contributed by atoms with E-state index in [-0.39, 0.29) is 5.91 Å². The number of hydrogen-bond donors (Lipinski definition) is 2. The molecule has 0 saturated carbocycles. The third-order valence-electron chi connectivity index (χ3n) is 1.93. The molecule has 0 aliphatic rings. The van der Waals surface area contributed by atoms with Crippen LogP contribution in [0.4, 0.5) is 5.13 Å². The second kappa shape index (κ2) is 5.66. The number of carboxylic acids is 1. The average molecular weight is 289 g/mol. The van der Waals surface area contributed by atoms with Gasteiger partial charge < -0.3 is 10.4 Å². The van der Waals surface area contributed by atoms with Gasteiger partial charge in [0.2, 0.25) is 11.0 Å². The van der Waals surface area contributed by atoms with E-state index in [1.54, 1.807) is 27.7 Å². The first-order chi connectivity index (χ1) is 8.20. The highest BCUT2D eigenvalue weighted by atomic mass is 32.2. The van der Waals surface area contributed by atoms with Gasteiger partial charge in [-0.25, -0.2) is 0 Å². The fourth-order valence-corrected chi connectivity index (χ4v) is 2.62. The normalized spacial score (nSPS) is 13.1. The van der Waals surface area contributed by atoms with E-state index < -0.39 is 16.6 Å². The van der Waals surface area contributed by atoms with Crippen molar-refractivity contribution in [2.24, 2.45) is 5.41 Å². The van der Waals surface area contributed by atoms with Gasteiger partial charge in [0.05, 0.1) is 0 Å². The molecule has 18 heavy (non-hydrogen) atoms. The van der Waals surface area contributed by atoms with Crippen molar-refractivity contribution in [2.75, 3.05) is 5.32 Å². The molecule has 0 spiro atoms. The van der Waals surface area contributed by atoms with Crippen molar-refractivity contribution >= 4 is 40.1 Å².